The van der Waals surface area contributed by atoms with E-state index in [4.69, 9.17) is 5.73 Å². The normalized spacial score (nSPS) is 10.6. The van der Waals surface area contributed by atoms with Gasteiger partial charge in [-0.1, -0.05) is 28.1 Å². The fourth-order valence-electron chi connectivity index (χ4n) is 1.74. The van der Waals surface area contributed by atoms with Crippen molar-refractivity contribution >= 4 is 21.7 Å². The molecule has 0 fully saturated rings. The molecule has 2 N–H and O–H groups in total. The molecule has 0 aliphatic rings. The van der Waals surface area contributed by atoms with E-state index in [0.29, 0.717) is 11.6 Å². The van der Waals surface area contributed by atoms with Crippen molar-refractivity contribution in [2.75, 3.05) is 5.73 Å². The van der Waals surface area contributed by atoms with Crippen molar-refractivity contribution in [1.29, 1.82) is 0 Å². The second-order valence-corrected chi connectivity index (χ2v) is 4.85. The van der Waals surface area contributed by atoms with E-state index >= 15 is 0 Å². The minimum absolute atomic E-state index is 0.526. The first kappa shape index (κ1) is 11.9. The summed E-state index contributed by atoms with van der Waals surface area (Å²) in [5.74, 6) is 1.13. The lowest BCUT2D eigenvalue weighted by molar-refractivity contribution is 0.851. The van der Waals surface area contributed by atoms with Crippen molar-refractivity contribution < 1.29 is 0 Å². The Balaban J connectivity index is 2.04. The van der Waals surface area contributed by atoms with Crippen molar-refractivity contribution in [2.45, 2.75) is 0 Å². The van der Waals surface area contributed by atoms with Gasteiger partial charge in [0.2, 0.25) is 0 Å². The van der Waals surface area contributed by atoms with Crippen molar-refractivity contribution in [3.8, 4) is 17.1 Å². The Hall–Kier alpha value is -2.21. The van der Waals surface area contributed by atoms with E-state index in [-0.39, 0.29) is 0 Å². The molecule has 0 spiro atoms. The number of hydrogen-bond donors (Lipinski definition) is 1. The Morgan fingerprint density at radius 3 is 2.58 bits per heavy atom. The highest BCUT2D eigenvalue weighted by Gasteiger charge is 2.09. The van der Waals surface area contributed by atoms with Gasteiger partial charge in [0.25, 0.3) is 0 Å². The minimum atomic E-state index is 0.526. The summed E-state index contributed by atoms with van der Waals surface area (Å²) in [5, 5.41) is 4.45. The molecule has 19 heavy (non-hydrogen) atoms. The maximum Gasteiger partial charge on any atom is 0.174 e. The standard InChI is InChI=1S/C13H10BrN5/c14-10-3-1-9(2-4-10)11-7-12(15)19(18-11)13-8-16-5-6-17-13/h1-8H,15H2. The predicted molar refractivity (Wildman–Crippen MR) is 76.7 cm³/mol. The molecule has 0 bridgehead atoms. The lowest BCUT2D eigenvalue weighted by Gasteiger charge is -2.00. The van der Waals surface area contributed by atoms with E-state index in [0.717, 1.165) is 15.7 Å². The molecule has 0 radical (unpaired) electrons. The summed E-state index contributed by atoms with van der Waals surface area (Å²) in [6.45, 7) is 0. The van der Waals surface area contributed by atoms with Gasteiger partial charge in [0, 0.05) is 28.5 Å². The van der Waals surface area contributed by atoms with Crippen LogP contribution >= 0.6 is 15.9 Å². The van der Waals surface area contributed by atoms with Gasteiger partial charge < -0.3 is 5.73 Å². The first-order chi connectivity index (χ1) is 9.24. The maximum absolute atomic E-state index is 5.96. The molecule has 0 saturated heterocycles. The Bertz CT molecular complexity index is 691. The summed E-state index contributed by atoms with van der Waals surface area (Å²) in [5.41, 5.74) is 7.76. The lowest BCUT2D eigenvalue weighted by Crippen LogP contribution is -2.03. The molecule has 0 unspecified atom stereocenters. The number of nitrogen functional groups attached to an aromatic ring is 1. The molecule has 3 aromatic rings. The summed E-state index contributed by atoms with van der Waals surface area (Å²) < 4.78 is 2.60. The van der Waals surface area contributed by atoms with Crippen LogP contribution in [0.5, 0.6) is 0 Å². The third-order valence-corrected chi connectivity index (χ3v) is 3.17. The summed E-state index contributed by atoms with van der Waals surface area (Å²) in [6.07, 6.45) is 4.84. The molecule has 3 rings (SSSR count). The number of benzene rings is 1. The molecule has 6 heteroatoms. The van der Waals surface area contributed by atoms with E-state index in [1.54, 1.807) is 23.3 Å². The summed E-state index contributed by atoms with van der Waals surface area (Å²) in [6, 6.07) is 9.71. The molecule has 0 atom stereocenters. The van der Waals surface area contributed by atoms with Gasteiger partial charge in [-0.25, -0.2) is 4.98 Å². The van der Waals surface area contributed by atoms with Gasteiger partial charge >= 0.3 is 0 Å². The van der Waals surface area contributed by atoms with Crippen molar-refractivity contribution in [2.24, 2.45) is 0 Å². The smallest absolute Gasteiger partial charge is 0.174 e. The first-order valence-electron chi connectivity index (χ1n) is 5.62. The molecular weight excluding hydrogens is 306 g/mol. The fraction of sp³-hybridized carbons (Fsp3) is 0. The van der Waals surface area contributed by atoms with Crippen molar-refractivity contribution in [1.82, 2.24) is 19.7 Å². The topological polar surface area (TPSA) is 69.6 Å². The molecule has 0 aliphatic heterocycles. The fourth-order valence-corrected chi connectivity index (χ4v) is 2.01. The van der Waals surface area contributed by atoms with Crippen LogP contribution in [-0.2, 0) is 0 Å². The Labute approximate surface area is 118 Å². The molecule has 0 saturated carbocycles. The van der Waals surface area contributed by atoms with Crippen LogP contribution in [0.25, 0.3) is 17.1 Å². The number of rotatable bonds is 2. The van der Waals surface area contributed by atoms with Crippen LogP contribution in [0.15, 0.2) is 53.4 Å². The predicted octanol–water partition coefficient (Wildman–Crippen LogP) is 2.67. The number of anilines is 1. The van der Waals surface area contributed by atoms with E-state index < -0.39 is 0 Å². The zero-order chi connectivity index (χ0) is 13.2. The molecule has 5 nitrogen and oxygen atoms in total. The van der Waals surface area contributed by atoms with E-state index in [1.807, 2.05) is 30.3 Å². The van der Waals surface area contributed by atoms with Gasteiger partial charge in [-0.05, 0) is 12.1 Å². The van der Waals surface area contributed by atoms with Crippen LogP contribution in [0.2, 0.25) is 0 Å². The highest BCUT2D eigenvalue weighted by Crippen LogP contribution is 2.23. The quantitative estimate of drug-likeness (QED) is 0.789. The second kappa shape index (κ2) is 4.81. The largest absolute Gasteiger partial charge is 0.384 e. The number of nitrogens with two attached hydrogens (primary N) is 1. The van der Waals surface area contributed by atoms with Crippen LogP contribution in [0.3, 0.4) is 0 Å². The SMILES string of the molecule is Nc1cc(-c2ccc(Br)cc2)nn1-c1cnccn1. The van der Waals surface area contributed by atoms with Gasteiger partial charge in [0.15, 0.2) is 5.82 Å². The third-order valence-electron chi connectivity index (χ3n) is 2.64. The van der Waals surface area contributed by atoms with Crippen LogP contribution < -0.4 is 5.73 Å². The van der Waals surface area contributed by atoms with Gasteiger partial charge in [0.05, 0.1) is 11.9 Å². The molecule has 94 valence electrons. The summed E-state index contributed by atoms with van der Waals surface area (Å²) in [4.78, 5) is 8.19. The Morgan fingerprint density at radius 1 is 1.11 bits per heavy atom. The zero-order valence-corrected chi connectivity index (χ0v) is 11.4. The molecule has 2 aromatic heterocycles. The van der Waals surface area contributed by atoms with Crippen molar-refractivity contribution in [3.05, 3.63) is 53.4 Å². The van der Waals surface area contributed by atoms with Gasteiger partial charge in [0.1, 0.15) is 5.82 Å². The Morgan fingerprint density at radius 2 is 1.89 bits per heavy atom. The average Bonchev–Trinajstić information content (AvgIpc) is 2.83. The van der Waals surface area contributed by atoms with Gasteiger partial charge in [-0.15, -0.1) is 0 Å². The summed E-state index contributed by atoms with van der Waals surface area (Å²) >= 11 is 3.41. The van der Waals surface area contributed by atoms with Gasteiger partial charge in [-0.2, -0.15) is 9.78 Å². The molecule has 1 aromatic carbocycles. The minimum Gasteiger partial charge on any atom is -0.384 e. The van der Waals surface area contributed by atoms with Crippen LogP contribution in [0.4, 0.5) is 5.82 Å². The molecule has 0 aliphatic carbocycles. The second-order valence-electron chi connectivity index (χ2n) is 3.94. The molecule has 0 amide bonds. The van der Waals surface area contributed by atoms with E-state index in [1.165, 1.54) is 0 Å². The zero-order valence-electron chi connectivity index (χ0n) is 9.86. The lowest BCUT2D eigenvalue weighted by atomic mass is 10.2. The van der Waals surface area contributed by atoms with Crippen LogP contribution in [-0.4, -0.2) is 19.7 Å². The van der Waals surface area contributed by atoms with E-state index in [9.17, 15) is 0 Å². The highest BCUT2D eigenvalue weighted by molar-refractivity contribution is 9.10. The van der Waals surface area contributed by atoms with E-state index in [2.05, 4.69) is 31.0 Å². The average molecular weight is 316 g/mol. The number of aromatic nitrogens is 4. The first-order valence-corrected chi connectivity index (χ1v) is 6.41. The highest BCUT2D eigenvalue weighted by atomic mass is 79.9. The number of hydrogen-bond acceptors (Lipinski definition) is 4. The third kappa shape index (κ3) is 2.34. The van der Waals surface area contributed by atoms with Crippen molar-refractivity contribution in [3.63, 3.8) is 0 Å². The number of halogens is 1. The monoisotopic (exact) mass is 315 g/mol. The molecular formula is C13H10BrN5. The maximum atomic E-state index is 5.96. The van der Waals surface area contributed by atoms with Crippen LogP contribution in [0, 0.1) is 0 Å². The number of nitrogens with zero attached hydrogens (tertiary/aromatic N) is 4. The molecule has 2 heterocycles. The summed E-state index contributed by atoms with van der Waals surface area (Å²) in [7, 11) is 0. The van der Waals surface area contributed by atoms with Gasteiger partial charge in [-0.3, -0.25) is 4.98 Å². The Kier molecular flexibility index (Phi) is 3.00. The van der Waals surface area contributed by atoms with Crippen LogP contribution in [0.1, 0.15) is 0 Å².